The summed E-state index contributed by atoms with van der Waals surface area (Å²) in [6.45, 7) is 1.81. The second-order valence-corrected chi connectivity index (χ2v) is 1.13. The third-order valence-corrected chi connectivity index (χ3v) is 0.521. The van der Waals surface area contributed by atoms with E-state index < -0.39 is 5.78 Å². The number of Topliss-reactive ketones (excluding diaryl/α,β-unsaturated/α-hetero) is 1. The molecule has 2 nitrogen and oxygen atoms in total. The lowest BCUT2D eigenvalue weighted by Crippen LogP contribution is -1.96. The molecule has 0 aromatic rings. The van der Waals surface area contributed by atoms with Gasteiger partial charge in [-0.1, -0.05) is 6.92 Å². The van der Waals surface area contributed by atoms with Gasteiger partial charge in [-0.15, -0.1) is 0 Å². The van der Waals surface area contributed by atoms with Gasteiger partial charge in [-0.2, -0.15) is 0 Å². The summed E-state index contributed by atoms with van der Waals surface area (Å²) in [5.74, 6) is -0.428. The molecule has 0 N–H and O–H groups in total. The lowest BCUT2D eigenvalue weighted by molar-refractivity contribution is -0.127. The molecule has 0 spiro atoms. The monoisotopic (exact) mass is 99.0 g/mol. The van der Waals surface area contributed by atoms with E-state index in [1.807, 2.05) is 0 Å². The predicted molar refractivity (Wildman–Crippen MR) is 25.7 cm³/mol. The Kier molecular flexibility index (Phi) is 3.19. The highest BCUT2D eigenvalue weighted by atomic mass is 16.2. The average Bonchev–Trinajstić information content (AvgIpc) is 1.68. The van der Waals surface area contributed by atoms with Crippen LogP contribution in [-0.4, -0.2) is 12.1 Å². The summed E-state index contributed by atoms with van der Waals surface area (Å²) in [4.78, 5) is 19.5. The molecule has 0 aromatic heterocycles. The number of ketones is 1. The van der Waals surface area contributed by atoms with Crippen molar-refractivity contribution >= 4 is 12.1 Å². The van der Waals surface area contributed by atoms with Crippen molar-refractivity contribution in [2.45, 2.75) is 13.3 Å². The summed E-state index contributed by atoms with van der Waals surface area (Å²) in [6, 6.07) is 0. The maximum Gasteiger partial charge on any atom is 0.198 e. The molecule has 0 heterocycles. The van der Waals surface area contributed by atoms with Crippen LogP contribution in [0.4, 0.5) is 0 Å². The van der Waals surface area contributed by atoms with E-state index in [9.17, 15) is 9.59 Å². The van der Waals surface area contributed by atoms with Crippen molar-refractivity contribution in [1.29, 1.82) is 0 Å². The molecule has 39 valence electrons. The van der Waals surface area contributed by atoms with E-state index in [4.69, 9.17) is 0 Å². The molecule has 2 heteroatoms. The molecule has 0 bridgehead atoms. The first-order valence-corrected chi connectivity index (χ1v) is 2.13. The Morgan fingerprint density at radius 3 is 2.43 bits per heavy atom. The Hall–Kier alpha value is -0.660. The largest absolute Gasteiger partial charge is 0.295 e. The van der Waals surface area contributed by atoms with E-state index in [1.165, 1.54) is 6.42 Å². The lowest BCUT2D eigenvalue weighted by Gasteiger charge is -1.79. The Morgan fingerprint density at radius 1 is 1.71 bits per heavy atom. The van der Waals surface area contributed by atoms with Gasteiger partial charge in [0.05, 0.1) is 0 Å². The fraction of sp³-hybridized carbons (Fsp3) is 0.400. The maximum absolute atomic E-state index is 9.99. The number of hydrogen-bond donors (Lipinski definition) is 0. The molecule has 0 atom stereocenters. The van der Waals surface area contributed by atoms with E-state index in [0.717, 1.165) is 0 Å². The van der Waals surface area contributed by atoms with Crippen molar-refractivity contribution in [1.82, 2.24) is 0 Å². The van der Waals surface area contributed by atoms with Gasteiger partial charge in [0.1, 0.15) is 0 Å². The molecule has 0 amide bonds. The summed E-state index contributed by atoms with van der Waals surface area (Å²) in [7, 11) is 0. The molecule has 0 unspecified atom stereocenters. The Labute approximate surface area is 42.5 Å². The molecular weight excluding hydrogens is 92.1 g/mol. The number of rotatable bonds is 3. The Bertz CT molecular complexity index is 76.1. The van der Waals surface area contributed by atoms with E-state index in [2.05, 4.69) is 0 Å². The maximum atomic E-state index is 9.99. The van der Waals surface area contributed by atoms with Crippen LogP contribution in [0.2, 0.25) is 0 Å². The third-order valence-electron chi connectivity index (χ3n) is 0.521. The molecule has 7 heavy (non-hydrogen) atoms. The normalized spacial score (nSPS) is 8.14. The van der Waals surface area contributed by atoms with Crippen molar-refractivity contribution in [2.24, 2.45) is 0 Å². The highest BCUT2D eigenvalue weighted by Gasteiger charge is 1.92. The van der Waals surface area contributed by atoms with Gasteiger partial charge in [-0.25, -0.2) is 0 Å². The highest BCUT2D eigenvalue weighted by molar-refractivity contribution is 6.29. The molecule has 0 rings (SSSR count). The van der Waals surface area contributed by atoms with Gasteiger partial charge in [0.15, 0.2) is 12.1 Å². The van der Waals surface area contributed by atoms with Crippen LogP contribution in [-0.2, 0) is 9.59 Å². The zero-order valence-corrected chi connectivity index (χ0v) is 4.18. The van der Waals surface area contributed by atoms with Crippen LogP contribution >= 0.6 is 0 Å². The minimum atomic E-state index is -0.428. The minimum Gasteiger partial charge on any atom is -0.295 e. The number of carbonyl (C=O) groups excluding carboxylic acids is 2. The van der Waals surface area contributed by atoms with E-state index in [1.54, 1.807) is 6.92 Å². The van der Waals surface area contributed by atoms with Gasteiger partial charge in [-0.05, 0) is 6.42 Å². The van der Waals surface area contributed by atoms with Crippen LogP contribution < -0.4 is 0 Å². The molecule has 0 aromatic carbocycles. The standard InChI is InChI=1S/C5H7O2/c1-2-3-5(7)4-6/h3-4H,2H2,1H3. The fourth-order valence-electron chi connectivity index (χ4n) is 0.249. The summed E-state index contributed by atoms with van der Waals surface area (Å²) in [5, 5.41) is 0. The van der Waals surface area contributed by atoms with Crippen LogP contribution in [0.5, 0.6) is 0 Å². The Balaban J connectivity index is 3.17. The van der Waals surface area contributed by atoms with E-state index in [-0.39, 0.29) is 0 Å². The van der Waals surface area contributed by atoms with Crippen molar-refractivity contribution < 1.29 is 9.59 Å². The second kappa shape index (κ2) is 3.53. The second-order valence-electron chi connectivity index (χ2n) is 1.13. The van der Waals surface area contributed by atoms with Crippen molar-refractivity contribution in [3.63, 3.8) is 0 Å². The minimum absolute atomic E-state index is 0.309. The predicted octanol–water partition coefficient (Wildman–Crippen LogP) is 0.369. The summed E-state index contributed by atoms with van der Waals surface area (Å²) >= 11 is 0. The molecule has 0 saturated carbocycles. The van der Waals surface area contributed by atoms with Gasteiger partial charge in [-0.3, -0.25) is 9.59 Å². The van der Waals surface area contributed by atoms with Crippen molar-refractivity contribution in [3.05, 3.63) is 6.42 Å². The van der Waals surface area contributed by atoms with Gasteiger partial charge in [0, 0.05) is 6.42 Å². The molecule has 0 aliphatic heterocycles. The first-order chi connectivity index (χ1) is 3.31. The number of hydrogen-bond acceptors (Lipinski definition) is 2. The lowest BCUT2D eigenvalue weighted by atomic mass is 10.2. The molecule has 0 aliphatic rings. The Morgan fingerprint density at radius 2 is 2.29 bits per heavy atom. The van der Waals surface area contributed by atoms with Gasteiger partial charge in [0.25, 0.3) is 0 Å². The molecule has 0 fully saturated rings. The number of carbonyl (C=O) groups is 2. The zero-order valence-electron chi connectivity index (χ0n) is 4.18. The number of aldehydes is 1. The average molecular weight is 99.1 g/mol. The van der Waals surface area contributed by atoms with Crippen LogP contribution in [0.15, 0.2) is 0 Å². The van der Waals surface area contributed by atoms with Crippen molar-refractivity contribution in [2.75, 3.05) is 0 Å². The molecule has 1 radical (unpaired) electrons. The van der Waals surface area contributed by atoms with Crippen LogP contribution in [0.3, 0.4) is 0 Å². The van der Waals surface area contributed by atoms with Crippen LogP contribution in [0, 0.1) is 6.42 Å². The fourth-order valence-corrected chi connectivity index (χ4v) is 0.249. The quantitative estimate of drug-likeness (QED) is 0.378. The zero-order chi connectivity index (χ0) is 5.70. The van der Waals surface area contributed by atoms with E-state index in [0.29, 0.717) is 12.7 Å². The van der Waals surface area contributed by atoms with Gasteiger partial charge < -0.3 is 0 Å². The van der Waals surface area contributed by atoms with Crippen LogP contribution in [0.1, 0.15) is 13.3 Å². The smallest absolute Gasteiger partial charge is 0.198 e. The SMILES string of the molecule is CC[CH]C(=O)C=O. The molecular formula is C5H7O2. The first kappa shape index (κ1) is 6.34. The summed E-state index contributed by atoms with van der Waals surface area (Å²) in [6.07, 6.45) is 2.29. The van der Waals surface area contributed by atoms with Gasteiger partial charge in [0.2, 0.25) is 0 Å². The summed E-state index contributed by atoms with van der Waals surface area (Å²) < 4.78 is 0. The molecule has 0 saturated heterocycles. The van der Waals surface area contributed by atoms with E-state index >= 15 is 0 Å². The van der Waals surface area contributed by atoms with Gasteiger partial charge >= 0.3 is 0 Å². The topological polar surface area (TPSA) is 34.1 Å². The molecule has 0 aliphatic carbocycles. The summed E-state index contributed by atoms with van der Waals surface area (Å²) in [5.41, 5.74) is 0. The third kappa shape index (κ3) is 3.16. The van der Waals surface area contributed by atoms with Crippen LogP contribution in [0.25, 0.3) is 0 Å². The highest BCUT2D eigenvalue weighted by Crippen LogP contribution is 1.81. The van der Waals surface area contributed by atoms with Crippen molar-refractivity contribution in [3.8, 4) is 0 Å². The first-order valence-electron chi connectivity index (χ1n) is 2.13.